The van der Waals surface area contributed by atoms with Gasteiger partial charge in [-0.2, -0.15) is 22.7 Å². The van der Waals surface area contributed by atoms with E-state index in [1.807, 2.05) is 0 Å². The summed E-state index contributed by atoms with van der Waals surface area (Å²) in [6.45, 7) is 11.6. The van der Waals surface area contributed by atoms with Crippen LogP contribution in [0.5, 0.6) is 0 Å². The van der Waals surface area contributed by atoms with Gasteiger partial charge in [-0.05, 0) is 0 Å². The summed E-state index contributed by atoms with van der Waals surface area (Å²) in [5.74, 6) is 0. The number of halogens is 1. The third-order valence-corrected chi connectivity index (χ3v) is 1.21. The van der Waals surface area contributed by atoms with Crippen LogP contribution in [0.4, 0.5) is 0 Å². The van der Waals surface area contributed by atoms with Crippen LogP contribution in [0.2, 0.25) is 0 Å². The fraction of sp³-hybridized carbons (Fsp3) is 0.800. The van der Waals surface area contributed by atoms with Gasteiger partial charge in [0, 0.05) is 0 Å². The van der Waals surface area contributed by atoms with Crippen LogP contribution < -0.4 is 0 Å². The summed E-state index contributed by atoms with van der Waals surface area (Å²) in [6.07, 6.45) is 7.35. The molecule has 0 spiro atoms. The van der Waals surface area contributed by atoms with Crippen molar-refractivity contribution in [2.24, 2.45) is 0 Å². The van der Waals surface area contributed by atoms with Crippen molar-refractivity contribution in [1.29, 1.82) is 0 Å². The standard InChI is InChI=1S/C6H13.C4H9.ClH.Mg.H3P/c1-3-5-6-4-2;1-3-4-2;;;/h1,3-6H2,2H3;1,3-4H2,2H3;1H;;1H3/q2*-1;;+2;. The SMILES string of the molecule is Cl.P.[CH2-]CCC.[CH2-]CCCCC.[Mg+2]. The Balaban J connectivity index is -0.0000000279. The smallest absolute Gasteiger partial charge is 0.343 e. The van der Waals surface area contributed by atoms with Crippen molar-refractivity contribution in [3.8, 4) is 0 Å². The molecule has 0 aliphatic carbocycles. The minimum absolute atomic E-state index is 0. The Labute approximate surface area is 111 Å². The van der Waals surface area contributed by atoms with E-state index in [1.165, 1.54) is 25.7 Å². The second-order valence-electron chi connectivity index (χ2n) is 2.41. The van der Waals surface area contributed by atoms with Crippen molar-refractivity contribution in [2.75, 3.05) is 0 Å². The van der Waals surface area contributed by atoms with Gasteiger partial charge in [-0.1, -0.05) is 39.5 Å². The molecule has 13 heavy (non-hydrogen) atoms. The minimum Gasteiger partial charge on any atom is -0.343 e. The third-order valence-electron chi connectivity index (χ3n) is 1.21. The fourth-order valence-corrected chi connectivity index (χ4v) is 0.427. The van der Waals surface area contributed by atoms with Crippen molar-refractivity contribution in [3.05, 3.63) is 13.8 Å². The van der Waals surface area contributed by atoms with Crippen LogP contribution in [-0.2, 0) is 0 Å². The van der Waals surface area contributed by atoms with Crippen molar-refractivity contribution in [2.45, 2.75) is 52.4 Å². The van der Waals surface area contributed by atoms with E-state index in [-0.39, 0.29) is 45.4 Å². The van der Waals surface area contributed by atoms with E-state index in [0.717, 1.165) is 12.8 Å². The van der Waals surface area contributed by atoms with Gasteiger partial charge in [-0.3, -0.25) is 0 Å². The van der Waals surface area contributed by atoms with Crippen LogP contribution >= 0.6 is 22.3 Å². The normalized spacial score (nSPS) is 6.46. The van der Waals surface area contributed by atoms with Crippen LogP contribution in [0, 0.1) is 13.8 Å². The van der Waals surface area contributed by atoms with Gasteiger partial charge in [0.15, 0.2) is 0 Å². The Morgan fingerprint density at radius 1 is 0.846 bits per heavy atom. The van der Waals surface area contributed by atoms with E-state index < -0.39 is 0 Å². The van der Waals surface area contributed by atoms with Crippen molar-refractivity contribution in [1.82, 2.24) is 0 Å². The molecule has 0 amide bonds. The number of hydrogen-bond acceptors (Lipinski definition) is 0. The Morgan fingerprint density at radius 3 is 1.31 bits per heavy atom. The molecule has 80 valence electrons. The van der Waals surface area contributed by atoms with Crippen LogP contribution in [0.1, 0.15) is 52.4 Å². The summed E-state index contributed by atoms with van der Waals surface area (Å²) in [4.78, 5) is 0. The molecule has 0 bridgehead atoms. The summed E-state index contributed by atoms with van der Waals surface area (Å²) >= 11 is 0. The van der Waals surface area contributed by atoms with E-state index in [1.54, 1.807) is 0 Å². The molecule has 1 atom stereocenters. The molecule has 0 aromatic carbocycles. The topological polar surface area (TPSA) is 0 Å². The minimum atomic E-state index is 0. The zero-order chi connectivity index (χ0) is 8.24. The molecule has 0 heterocycles. The van der Waals surface area contributed by atoms with Gasteiger partial charge in [-0.25, -0.2) is 0 Å². The second-order valence-corrected chi connectivity index (χ2v) is 2.41. The molecule has 0 radical (unpaired) electrons. The van der Waals surface area contributed by atoms with Crippen molar-refractivity contribution >= 4 is 45.4 Å². The molecule has 0 aliphatic heterocycles. The summed E-state index contributed by atoms with van der Waals surface area (Å²) in [7, 11) is 0. The van der Waals surface area contributed by atoms with Gasteiger partial charge >= 0.3 is 23.1 Å². The van der Waals surface area contributed by atoms with Gasteiger partial charge in [0.25, 0.3) is 0 Å². The molecule has 1 unspecified atom stereocenters. The molecule has 0 aromatic rings. The molecule has 0 nitrogen and oxygen atoms in total. The van der Waals surface area contributed by atoms with Gasteiger partial charge in [0.2, 0.25) is 0 Å². The summed E-state index contributed by atoms with van der Waals surface area (Å²) in [6, 6.07) is 0. The maximum atomic E-state index is 3.72. The average molecular weight is 237 g/mol. The molecular weight excluding hydrogens is 211 g/mol. The first-order chi connectivity index (χ1) is 4.83. The predicted molar refractivity (Wildman–Crippen MR) is 73.9 cm³/mol. The number of unbranched alkanes of at least 4 members (excludes halogenated alkanes) is 4. The molecule has 0 saturated heterocycles. The van der Waals surface area contributed by atoms with Crippen LogP contribution in [-0.4, -0.2) is 23.1 Å². The molecule has 0 rings (SSSR count). The summed E-state index contributed by atoms with van der Waals surface area (Å²) < 4.78 is 0. The zero-order valence-corrected chi connectivity index (χ0v) is 13.1. The second kappa shape index (κ2) is 37.5. The molecule has 0 N–H and O–H groups in total. The van der Waals surface area contributed by atoms with E-state index in [9.17, 15) is 0 Å². The first kappa shape index (κ1) is 29.3. The first-order valence-corrected chi connectivity index (χ1v) is 4.41. The monoisotopic (exact) mass is 236 g/mol. The quantitative estimate of drug-likeness (QED) is 0.298. The zero-order valence-electron chi connectivity index (χ0n) is 9.48. The van der Waals surface area contributed by atoms with Crippen molar-refractivity contribution < 1.29 is 0 Å². The third kappa shape index (κ3) is 59.1. The number of hydrogen-bond donors (Lipinski definition) is 0. The fourth-order valence-electron chi connectivity index (χ4n) is 0.427. The molecule has 0 saturated carbocycles. The molecule has 0 aromatic heterocycles. The predicted octanol–water partition coefficient (Wildman–Crippen LogP) is 4.12. The molecule has 3 heteroatoms. The molecule has 0 fully saturated rings. The number of rotatable bonds is 4. The van der Waals surface area contributed by atoms with Crippen LogP contribution in [0.25, 0.3) is 0 Å². The Kier molecular flexibility index (Phi) is 84.5. The average Bonchev–Trinajstić information content (AvgIpc) is 2.01. The van der Waals surface area contributed by atoms with Crippen LogP contribution in [0.15, 0.2) is 0 Å². The van der Waals surface area contributed by atoms with E-state index in [0.29, 0.717) is 0 Å². The Morgan fingerprint density at radius 2 is 1.23 bits per heavy atom. The molecular formula is C10H26ClMgP. The maximum absolute atomic E-state index is 3.72. The summed E-state index contributed by atoms with van der Waals surface area (Å²) in [5, 5.41) is 0. The van der Waals surface area contributed by atoms with Gasteiger partial charge < -0.3 is 13.8 Å². The largest absolute Gasteiger partial charge is 2.00 e. The maximum Gasteiger partial charge on any atom is 2.00 e. The van der Waals surface area contributed by atoms with E-state index in [4.69, 9.17) is 0 Å². The van der Waals surface area contributed by atoms with E-state index >= 15 is 0 Å². The first-order valence-electron chi connectivity index (χ1n) is 4.41. The molecule has 0 aliphatic rings. The summed E-state index contributed by atoms with van der Waals surface area (Å²) in [5.41, 5.74) is 0. The van der Waals surface area contributed by atoms with E-state index in [2.05, 4.69) is 27.7 Å². The van der Waals surface area contributed by atoms with Crippen LogP contribution in [0.3, 0.4) is 0 Å². The Bertz CT molecular complexity index is 39.9. The Hall–Kier alpha value is 1.49. The van der Waals surface area contributed by atoms with Gasteiger partial charge in [-0.15, -0.1) is 12.4 Å². The van der Waals surface area contributed by atoms with Crippen molar-refractivity contribution in [3.63, 3.8) is 0 Å². The van der Waals surface area contributed by atoms with Gasteiger partial charge in [0.05, 0.1) is 0 Å². The van der Waals surface area contributed by atoms with Gasteiger partial charge in [0.1, 0.15) is 0 Å².